The minimum atomic E-state index is 0.322. The molecule has 0 unspecified atom stereocenters. The average molecular weight is 219 g/mol. The van der Waals surface area contributed by atoms with E-state index < -0.39 is 0 Å². The van der Waals surface area contributed by atoms with E-state index in [2.05, 4.69) is 30.5 Å². The summed E-state index contributed by atoms with van der Waals surface area (Å²) in [6, 6.07) is 1.90. The van der Waals surface area contributed by atoms with E-state index in [1.807, 2.05) is 19.9 Å². The van der Waals surface area contributed by atoms with Crippen molar-refractivity contribution in [1.29, 1.82) is 0 Å². The Morgan fingerprint density at radius 3 is 2.44 bits per heavy atom. The third-order valence-electron chi connectivity index (χ3n) is 1.93. The van der Waals surface area contributed by atoms with Crippen LogP contribution in [-0.2, 0) is 6.54 Å². The van der Waals surface area contributed by atoms with Crippen molar-refractivity contribution >= 4 is 11.9 Å². The van der Waals surface area contributed by atoms with E-state index >= 15 is 0 Å². The minimum absolute atomic E-state index is 0.322. The quantitative estimate of drug-likeness (QED) is 0.690. The van der Waals surface area contributed by atoms with E-state index in [9.17, 15) is 0 Å². The van der Waals surface area contributed by atoms with Gasteiger partial charge in [-0.1, -0.05) is 0 Å². The maximum absolute atomic E-state index is 5.41. The number of nitrogens with two attached hydrogens (primary N) is 1. The number of nitrogens with one attached hydrogen (secondary N) is 2. The highest BCUT2D eigenvalue weighted by Gasteiger charge is 2.04. The number of anilines is 2. The van der Waals surface area contributed by atoms with Gasteiger partial charge in [0.1, 0.15) is 5.82 Å². The fraction of sp³-hybridized carbons (Fsp3) is 0.333. The van der Waals surface area contributed by atoms with Crippen LogP contribution in [0, 0.1) is 13.8 Å². The van der Waals surface area contributed by atoms with Gasteiger partial charge < -0.3 is 5.73 Å². The number of aryl methyl sites for hydroxylation is 2. The molecule has 0 fully saturated rings. The molecule has 2 rings (SSSR count). The predicted octanol–water partition coefficient (Wildman–Crippen LogP) is 0.414. The van der Waals surface area contributed by atoms with Gasteiger partial charge in [0.25, 0.3) is 0 Å². The van der Waals surface area contributed by atoms with Gasteiger partial charge in [0.2, 0.25) is 11.9 Å². The molecule has 2 aromatic rings. The van der Waals surface area contributed by atoms with Crippen LogP contribution in [-0.4, -0.2) is 25.1 Å². The van der Waals surface area contributed by atoms with Crippen molar-refractivity contribution in [3.8, 4) is 0 Å². The van der Waals surface area contributed by atoms with Gasteiger partial charge in [0.15, 0.2) is 0 Å². The largest absolute Gasteiger partial charge is 0.324 e. The maximum atomic E-state index is 5.41. The molecule has 0 saturated heterocycles. The van der Waals surface area contributed by atoms with E-state index in [-0.39, 0.29) is 0 Å². The SMILES string of the molecule is Cc1cc(C)nc(Nc2n[nH]c(CN)n2)n1. The predicted molar refractivity (Wildman–Crippen MR) is 59.1 cm³/mol. The Morgan fingerprint density at radius 1 is 1.19 bits per heavy atom. The molecule has 2 heterocycles. The van der Waals surface area contributed by atoms with E-state index in [0.29, 0.717) is 24.3 Å². The van der Waals surface area contributed by atoms with Crippen LogP contribution in [0.2, 0.25) is 0 Å². The Hall–Kier alpha value is -2.02. The van der Waals surface area contributed by atoms with Gasteiger partial charge in [0.05, 0.1) is 6.54 Å². The van der Waals surface area contributed by atoms with Crippen LogP contribution in [0.25, 0.3) is 0 Å². The van der Waals surface area contributed by atoms with E-state index in [1.54, 1.807) is 0 Å². The minimum Gasteiger partial charge on any atom is -0.324 e. The second-order valence-electron chi connectivity index (χ2n) is 3.41. The van der Waals surface area contributed by atoms with Gasteiger partial charge >= 0.3 is 0 Å². The smallest absolute Gasteiger partial charge is 0.248 e. The Bertz CT molecular complexity index is 470. The summed E-state index contributed by atoms with van der Waals surface area (Å²) in [5, 5.41) is 9.54. The molecule has 0 radical (unpaired) electrons. The van der Waals surface area contributed by atoms with Gasteiger partial charge in [-0.15, -0.1) is 5.10 Å². The normalized spacial score (nSPS) is 10.4. The number of H-pyrrole nitrogens is 1. The first-order valence-electron chi connectivity index (χ1n) is 4.88. The van der Waals surface area contributed by atoms with Crippen molar-refractivity contribution in [2.45, 2.75) is 20.4 Å². The van der Waals surface area contributed by atoms with Gasteiger partial charge in [-0.2, -0.15) is 4.98 Å². The summed E-state index contributed by atoms with van der Waals surface area (Å²) < 4.78 is 0. The van der Waals surface area contributed by atoms with E-state index in [4.69, 9.17) is 5.73 Å². The molecular formula is C9H13N7. The highest BCUT2D eigenvalue weighted by Crippen LogP contribution is 2.08. The molecule has 0 aliphatic carbocycles. The summed E-state index contributed by atoms with van der Waals surface area (Å²) in [6.45, 7) is 4.13. The molecule has 4 N–H and O–H groups in total. The van der Waals surface area contributed by atoms with Crippen LogP contribution in [0.1, 0.15) is 17.2 Å². The first-order chi connectivity index (χ1) is 7.67. The van der Waals surface area contributed by atoms with Gasteiger partial charge in [0, 0.05) is 11.4 Å². The average Bonchev–Trinajstić information content (AvgIpc) is 2.64. The number of rotatable bonds is 3. The molecule has 0 atom stereocenters. The zero-order valence-corrected chi connectivity index (χ0v) is 9.15. The molecule has 0 aliphatic heterocycles. The fourth-order valence-corrected chi connectivity index (χ4v) is 1.32. The fourth-order valence-electron chi connectivity index (χ4n) is 1.32. The number of aromatic nitrogens is 5. The number of nitrogens with zero attached hydrogens (tertiary/aromatic N) is 4. The Labute approximate surface area is 92.5 Å². The monoisotopic (exact) mass is 219 g/mol. The second kappa shape index (κ2) is 4.23. The van der Waals surface area contributed by atoms with Crippen molar-refractivity contribution in [3.05, 3.63) is 23.3 Å². The molecule has 0 spiro atoms. The second-order valence-corrected chi connectivity index (χ2v) is 3.41. The van der Waals surface area contributed by atoms with E-state index in [0.717, 1.165) is 11.4 Å². The lowest BCUT2D eigenvalue weighted by Gasteiger charge is -2.02. The first-order valence-corrected chi connectivity index (χ1v) is 4.88. The molecule has 7 nitrogen and oxygen atoms in total. The highest BCUT2D eigenvalue weighted by atomic mass is 15.3. The molecule has 0 aromatic carbocycles. The van der Waals surface area contributed by atoms with Crippen LogP contribution in [0.4, 0.5) is 11.9 Å². The number of hydrogen-bond acceptors (Lipinski definition) is 6. The van der Waals surface area contributed by atoms with Gasteiger partial charge in [-0.3, -0.25) is 10.4 Å². The molecule has 2 aromatic heterocycles. The van der Waals surface area contributed by atoms with Gasteiger partial charge in [-0.05, 0) is 19.9 Å². The van der Waals surface area contributed by atoms with Crippen LogP contribution < -0.4 is 11.1 Å². The van der Waals surface area contributed by atoms with Crippen LogP contribution in [0.5, 0.6) is 0 Å². The summed E-state index contributed by atoms with van der Waals surface area (Å²) >= 11 is 0. The van der Waals surface area contributed by atoms with Crippen molar-refractivity contribution < 1.29 is 0 Å². The zero-order valence-electron chi connectivity index (χ0n) is 9.15. The lowest BCUT2D eigenvalue weighted by Crippen LogP contribution is -2.01. The number of hydrogen-bond donors (Lipinski definition) is 3. The topological polar surface area (TPSA) is 105 Å². The standard InChI is InChI=1S/C9H13N7/c1-5-3-6(2)12-8(11-5)14-9-13-7(4-10)15-16-9/h3H,4,10H2,1-2H3,(H2,11,12,13,14,15,16). The van der Waals surface area contributed by atoms with Crippen LogP contribution in [0.3, 0.4) is 0 Å². The zero-order chi connectivity index (χ0) is 11.5. The number of aromatic amines is 1. The summed E-state index contributed by atoms with van der Waals surface area (Å²) in [5.74, 6) is 1.53. The summed E-state index contributed by atoms with van der Waals surface area (Å²) in [4.78, 5) is 12.5. The lowest BCUT2D eigenvalue weighted by molar-refractivity contribution is 0.917. The third-order valence-corrected chi connectivity index (χ3v) is 1.93. The van der Waals surface area contributed by atoms with Gasteiger partial charge in [-0.25, -0.2) is 9.97 Å². The summed E-state index contributed by atoms with van der Waals surface area (Å²) in [6.07, 6.45) is 0. The molecule has 16 heavy (non-hydrogen) atoms. The maximum Gasteiger partial charge on any atom is 0.248 e. The van der Waals surface area contributed by atoms with E-state index in [1.165, 1.54) is 0 Å². The summed E-state index contributed by atoms with van der Waals surface area (Å²) in [5.41, 5.74) is 7.20. The first kappa shape index (κ1) is 10.5. The summed E-state index contributed by atoms with van der Waals surface area (Å²) in [7, 11) is 0. The Kier molecular flexibility index (Phi) is 2.78. The molecule has 0 bridgehead atoms. The molecule has 0 saturated carbocycles. The molecule has 84 valence electrons. The van der Waals surface area contributed by atoms with Crippen molar-refractivity contribution in [3.63, 3.8) is 0 Å². The third kappa shape index (κ3) is 2.31. The lowest BCUT2D eigenvalue weighted by atomic mass is 10.4. The Morgan fingerprint density at radius 2 is 1.88 bits per heavy atom. The van der Waals surface area contributed by atoms with Crippen molar-refractivity contribution in [2.75, 3.05) is 5.32 Å². The highest BCUT2D eigenvalue weighted by molar-refractivity contribution is 5.42. The molecule has 0 amide bonds. The Balaban J connectivity index is 2.19. The van der Waals surface area contributed by atoms with Crippen molar-refractivity contribution in [2.24, 2.45) is 5.73 Å². The van der Waals surface area contributed by atoms with Crippen molar-refractivity contribution in [1.82, 2.24) is 25.1 Å². The molecule has 0 aliphatic rings. The molecule has 7 heteroatoms. The molecular weight excluding hydrogens is 206 g/mol. The van der Waals surface area contributed by atoms with Crippen LogP contribution >= 0.6 is 0 Å². The van der Waals surface area contributed by atoms with Crippen LogP contribution in [0.15, 0.2) is 6.07 Å².